The molecule has 1 amide bonds. The van der Waals surface area contributed by atoms with Gasteiger partial charge in [0.25, 0.3) is 0 Å². The Morgan fingerprint density at radius 1 is 1.38 bits per heavy atom. The molecule has 1 aliphatic carbocycles. The summed E-state index contributed by atoms with van der Waals surface area (Å²) in [5.74, 6) is 0.221. The van der Waals surface area contributed by atoms with Crippen molar-refractivity contribution < 1.29 is 4.79 Å². The first-order valence-electron chi connectivity index (χ1n) is 7.32. The van der Waals surface area contributed by atoms with E-state index in [1.165, 1.54) is 12.0 Å². The van der Waals surface area contributed by atoms with Crippen LogP contribution in [0.3, 0.4) is 0 Å². The van der Waals surface area contributed by atoms with E-state index in [0.717, 1.165) is 24.1 Å². The number of halogens is 2. The van der Waals surface area contributed by atoms with Gasteiger partial charge in [0.1, 0.15) is 11.4 Å². The fourth-order valence-electron chi connectivity index (χ4n) is 2.99. The average molecular weight is 326 g/mol. The second-order valence-electron chi connectivity index (χ2n) is 5.61. The van der Waals surface area contributed by atoms with Crippen molar-refractivity contribution in [1.82, 2.24) is 0 Å². The van der Waals surface area contributed by atoms with Crippen LogP contribution in [0, 0.1) is 5.92 Å². The zero-order valence-corrected chi connectivity index (χ0v) is 14.0. The Morgan fingerprint density at radius 2 is 2.05 bits per heavy atom. The smallest absolute Gasteiger partial charge is 0.250 e. The zero-order valence-electron chi connectivity index (χ0n) is 12.5. The summed E-state index contributed by atoms with van der Waals surface area (Å²) in [5, 5.41) is -0.626. The summed E-state index contributed by atoms with van der Waals surface area (Å²) >= 11 is 12.5. The molecule has 0 aliphatic heterocycles. The maximum atomic E-state index is 12.7. The van der Waals surface area contributed by atoms with Crippen molar-refractivity contribution in [2.24, 2.45) is 5.92 Å². The first-order chi connectivity index (χ1) is 10.1. The molecule has 0 saturated carbocycles. The number of para-hydroxylation sites is 1. The Morgan fingerprint density at radius 3 is 2.62 bits per heavy atom. The maximum absolute atomic E-state index is 12.7. The molecule has 0 heterocycles. The van der Waals surface area contributed by atoms with E-state index in [2.05, 4.69) is 13.8 Å². The van der Waals surface area contributed by atoms with E-state index in [1.54, 1.807) is 4.90 Å². The van der Waals surface area contributed by atoms with E-state index < -0.39 is 5.38 Å². The Hall–Kier alpha value is -0.990. The van der Waals surface area contributed by atoms with Crippen molar-refractivity contribution in [3.63, 3.8) is 0 Å². The summed E-state index contributed by atoms with van der Waals surface area (Å²) in [5.41, 5.74) is 3.12. The Bertz CT molecular complexity index is 527. The molecule has 1 aliphatic rings. The van der Waals surface area contributed by atoms with Gasteiger partial charge in [-0.05, 0) is 49.8 Å². The van der Waals surface area contributed by atoms with Gasteiger partial charge in [0.05, 0.1) is 0 Å². The van der Waals surface area contributed by atoms with E-state index in [0.29, 0.717) is 5.92 Å². The highest BCUT2D eigenvalue weighted by atomic mass is 35.5. The largest absolute Gasteiger partial charge is 0.297 e. The van der Waals surface area contributed by atoms with Crippen molar-refractivity contribution in [3.05, 3.63) is 41.5 Å². The molecule has 0 bridgehead atoms. The summed E-state index contributed by atoms with van der Waals surface area (Å²) in [6, 6.07) is 9.53. The highest BCUT2D eigenvalue weighted by Gasteiger charge is 2.31. The standard InChI is InChI=1S/C17H21Cl2NO/c1-12-7-6-8-13(2)15(12)16(19)17(21)20(11-18)14-9-4-3-5-10-14/h3-5,9-10,12,16H,6-8,11H2,1-2H3. The van der Waals surface area contributed by atoms with Crippen molar-refractivity contribution in [3.8, 4) is 0 Å². The van der Waals surface area contributed by atoms with Gasteiger partial charge >= 0.3 is 0 Å². The lowest BCUT2D eigenvalue weighted by molar-refractivity contribution is -0.117. The number of anilines is 1. The number of amides is 1. The van der Waals surface area contributed by atoms with Gasteiger partial charge in [-0.15, -0.1) is 23.2 Å². The van der Waals surface area contributed by atoms with Gasteiger partial charge in [-0.25, -0.2) is 0 Å². The molecule has 0 spiro atoms. The number of hydrogen-bond donors (Lipinski definition) is 0. The van der Waals surface area contributed by atoms with Gasteiger partial charge in [-0.3, -0.25) is 9.69 Å². The predicted octanol–water partition coefficient (Wildman–Crippen LogP) is 4.96. The lowest BCUT2D eigenvalue weighted by atomic mass is 9.82. The summed E-state index contributed by atoms with van der Waals surface area (Å²) in [4.78, 5) is 14.3. The third-order valence-electron chi connectivity index (χ3n) is 4.16. The molecule has 114 valence electrons. The normalized spacial score (nSPS) is 20.3. The number of benzene rings is 1. The number of alkyl halides is 2. The zero-order chi connectivity index (χ0) is 15.4. The van der Waals surface area contributed by atoms with Crippen molar-refractivity contribution in [2.75, 3.05) is 10.9 Å². The van der Waals surface area contributed by atoms with Gasteiger partial charge in [-0.1, -0.05) is 30.7 Å². The van der Waals surface area contributed by atoms with E-state index in [1.807, 2.05) is 30.3 Å². The molecule has 0 aromatic heterocycles. The van der Waals surface area contributed by atoms with Gasteiger partial charge in [0, 0.05) is 5.69 Å². The molecule has 0 saturated heterocycles. The molecule has 21 heavy (non-hydrogen) atoms. The van der Waals surface area contributed by atoms with Crippen LogP contribution in [0.4, 0.5) is 5.69 Å². The second-order valence-corrected chi connectivity index (χ2v) is 6.29. The van der Waals surface area contributed by atoms with Crippen LogP contribution in [-0.4, -0.2) is 17.3 Å². The number of nitrogens with zero attached hydrogens (tertiary/aromatic N) is 1. The van der Waals surface area contributed by atoms with Crippen LogP contribution < -0.4 is 4.90 Å². The predicted molar refractivity (Wildman–Crippen MR) is 90.0 cm³/mol. The van der Waals surface area contributed by atoms with E-state index >= 15 is 0 Å². The Kier molecular flexibility index (Phi) is 5.72. The summed E-state index contributed by atoms with van der Waals surface area (Å²) < 4.78 is 0. The third-order valence-corrected chi connectivity index (χ3v) is 4.82. The minimum atomic E-state index is -0.626. The van der Waals surface area contributed by atoms with Gasteiger partial charge in [0.15, 0.2) is 0 Å². The number of allylic oxidation sites excluding steroid dienone is 1. The monoisotopic (exact) mass is 325 g/mol. The van der Waals surface area contributed by atoms with Crippen LogP contribution in [0.5, 0.6) is 0 Å². The molecule has 0 fully saturated rings. The molecule has 0 N–H and O–H groups in total. The molecule has 1 aromatic rings. The van der Waals surface area contributed by atoms with E-state index in [4.69, 9.17) is 23.2 Å². The summed E-state index contributed by atoms with van der Waals surface area (Å²) in [6.07, 6.45) is 3.30. The topological polar surface area (TPSA) is 20.3 Å². The number of carbonyl (C=O) groups is 1. The third kappa shape index (κ3) is 3.61. The van der Waals surface area contributed by atoms with Gasteiger partial charge in [0.2, 0.25) is 5.91 Å². The second kappa shape index (κ2) is 7.33. The van der Waals surface area contributed by atoms with Crippen LogP contribution in [-0.2, 0) is 4.79 Å². The van der Waals surface area contributed by atoms with Crippen LogP contribution in [0.1, 0.15) is 33.1 Å². The van der Waals surface area contributed by atoms with Crippen LogP contribution in [0.15, 0.2) is 41.5 Å². The van der Waals surface area contributed by atoms with E-state index in [-0.39, 0.29) is 11.9 Å². The highest BCUT2D eigenvalue weighted by molar-refractivity contribution is 6.36. The molecular weight excluding hydrogens is 305 g/mol. The van der Waals surface area contributed by atoms with E-state index in [9.17, 15) is 4.79 Å². The minimum Gasteiger partial charge on any atom is -0.297 e. The summed E-state index contributed by atoms with van der Waals surface area (Å²) in [6.45, 7) is 4.23. The number of rotatable bonds is 4. The molecular formula is C17H21Cl2NO. The first-order valence-corrected chi connectivity index (χ1v) is 8.29. The van der Waals surface area contributed by atoms with Crippen LogP contribution in [0.25, 0.3) is 0 Å². The van der Waals surface area contributed by atoms with Crippen molar-refractivity contribution >= 4 is 34.8 Å². The van der Waals surface area contributed by atoms with Gasteiger partial charge < -0.3 is 0 Å². The van der Waals surface area contributed by atoms with Crippen molar-refractivity contribution in [1.29, 1.82) is 0 Å². The number of carbonyl (C=O) groups excluding carboxylic acids is 1. The molecule has 2 atom stereocenters. The van der Waals surface area contributed by atoms with Crippen LogP contribution >= 0.6 is 23.2 Å². The molecule has 1 aromatic carbocycles. The lowest BCUT2D eigenvalue weighted by Gasteiger charge is -2.30. The highest BCUT2D eigenvalue weighted by Crippen LogP contribution is 2.35. The first kappa shape index (κ1) is 16.4. The Labute approximate surface area is 136 Å². The maximum Gasteiger partial charge on any atom is 0.250 e. The molecule has 2 nitrogen and oxygen atoms in total. The van der Waals surface area contributed by atoms with Crippen molar-refractivity contribution in [2.45, 2.75) is 38.5 Å². The SMILES string of the molecule is CC1=C(C(Cl)C(=O)N(CCl)c2ccccc2)C(C)CCC1. The summed E-state index contributed by atoms with van der Waals surface area (Å²) in [7, 11) is 0. The fraction of sp³-hybridized carbons (Fsp3) is 0.471. The molecule has 2 rings (SSSR count). The average Bonchev–Trinajstić information content (AvgIpc) is 2.48. The fourth-order valence-corrected chi connectivity index (χ4v) is 3.77. The molecule has 2 unspecified atom stereocenters. The van der Waals surface area contributed by atoms with Gasteiger partial charge in [-0.2, -0.15) is 0 Å². The Balaban J connectivity index is 2.25. The number of hydrogen-bond acceptors (Lipinski definition) is 1. The van der Waals surface area contributed by atoms with Crippen LogP contribution in [0.2, 0.25) is 0 Å². The molecule has 0 radical (unpaired) electrons. The molecule has 4 heteroatoms. The quantitative estimate of drug-likeness (QED) is 0.435. The lowest BCUT2D eigenvalue weighted by Crippen LogP contribution is -2.38. The minimum absolute atomic E-state index is 0.104.